The van der Waals surface area contributed by atoms with E-state index in [9.17, 15) is 4.79 Å². The lowest BCUT2D eigenvalue weighted by molar-refractivity contribution is 0.0950. The number of pyridine rings is 1. The van der Waals surface area contributed by atoms with Crippen LogP contribution in [-0.2, 0) is 6.54 Å². The molecular weight excluding hydrogens is 264 g/mol. The van der Waals surface area contributed by atoms with Crippen molar-refractivity contribution in [3.05, 3.63) is 58.9 Å². The molecule has 1 aromatic heterocycles. The smallest absolute Gasteiger partial charge is 0.251 e. The van der Waals surface area contributed by atoms with Crippen LogP contribution in [0, 0.1) is 13.8 Å². The summed E-state index contributed by atoms with van der Waals surface area (Å²) in [5, 5.41) is 2.93. The number of benzene rings is 1. The van der Waals surface area contributed by atoms with E-state index in [1.54, 1.807) is 12.4 Å². The fourth-order valence-electron chi connectivity index (χ4n) is 2.12. The maximum Gasteiger partial charge on any atom is 0.251 e. The molecule has 0 saturated carbocycles. The van der Waals surface area contributed by atoms with Crippen molar-refractivity contribution in [3.63, 3.8) is 0 Å². The van der Waals surface area contributed by atoms with Crippen LogP contribution in [-0.4, -0.2) is 17.5 Å². The van der Waals surface area contributed by atoms with Gasteiger partial charge in [0, 0.05) is 24.5 Å². The summed E-state index contributed by atoms with van der Waals surface area (Å²) in [4.78, 5) is 16.2. The summed E-state index contributed by atoms with van der Waals surface area (Å²) in [7, 11) is 0. The Bertz CT molecular complexity index is 624. The predicted molar refractivity (Wildman–Crippen MR) is 82.5 cm³/mol. The molecule has 0 radical (unpaired) electrons. The average molecular weight is 284 g/mol. The van der Waals surface area contributed by atoms with Crippen molar-refractivity contribution in [2.45, 2.75) is 27.3 Å². The normalized spacial score (nSPS) is 10.2. The summed E-state index contributed by atoms with van der Waals surface area (Å²) in [6.07, 6.45) is 3.43. The number of nitrogens with zero attached hydrogens (tertiary/aromatic N) is 1. The number of aryl methyl sites for hydroxylation is 2. The maximum atomic E-state index is 12.3. The van der Waals surface area contributed by atoms with E-state index in [0.717, 1.165) is 22.4 Å². The molecule has 1 amide bonds. The van der Waals surface area contributed by atoms with Gasteiger partial charge in [0.2, 0.25) is 0 Å². The van der Waals surface area contributed by atoms with Crippen LogP contribution < -0.4 is 10.1 Å². The second-order valence-electron chi connectivity index (χ2n) is 4.90. The Balaban J connectivity index is 2.10. The lowest BCUT2D eigenvalue weighted by Crippen LogP contribution is -2.23. The van der Waals surface area contributed by atoms with E-state index in [1.807, 2.05) is 45.0 Å². The monoisotopic (exact) mass is 284 g/mol. The van der Waals surface area contributed by atoms with E-state index in [4.69, 9.17) is 4.74 Å². The Kier molecular flexibility index (Phi) is 4.93. The summed E-state index contributed by atoms with van der Waals surface area (Å²) in [5.74, 6) is 0.760. The first kappa shape index (κ1) is 15.0. The standard InChI is InChI=1S/C17H20N2O2/c1-4-21-16-10-12(2)15(9-13(16)3)17(20)19-11-14-5-7-18-8-6-14/h5-10H,4,11H2,1-3H3,(H,19,20). The predicted octanol–water partition coefficient (Wildman–Crippen LogP) is 3.03. The molecule has 4 heteroatoms. The second-order valence-corrected chi connectivity index (χ2v) is 4.90. The van der Waals surface area contributed by atoms with E-state index < -0.39 is 0 Å². The van der Waals surface area contributed by atoms with Crippen LogP contribution in [0.15, 0.2) is 36.7 Å². The molecule has 0 atom stereocenters. The third-order valence-corrected chi connectivity index (χ3v) is 3.27. The summed E-state index contributed by atoms with van der Waals surface area (Å²) in [6.45, 7) is 6.93. The van der Waals surface area contributed by atoms with Gasteiger partial charge in [-0.2, -0.15) is 0 Å². The highest BCUT2D eigenvalue weighted by Gasteiger charge is 2.12. The van der Waals surface area contributed by atoms with Gasteiger partial charge in [0.05, 0.1) is 6.61 Å². The van der Waals surface area contributed by atoms with Gasteiger partial charge >= 0.3 is 0 Å². The van der Waals surface area contributed by atoms with Crippen LogP contribution in [0.2, 0.25) is 0 Å². The van der Waals surface area contributed by atoms with Gasteiger partial charge in [-0.1, -0.05) is 0 Å². The largest absolute Gasteiger partial charge is 0.494 e. The minimum Gasteiger partial charge on any atom is -0.494 e. The molecule has 0 saturated heterocycles. The van der Waals surface area contributed by atoms with E-state index in [0.29, 0.717) is 18.7 Å². The topological polar surface area (TPSA) is 51.2 Å². The number of ether oxygens (including phenoxy) is 1. The zero-order chi connectivity index (χ0) is 15.2. The Labute approximate surface area is 125 Å². The molecule has 4 nitrogen and oxygen atoms in total. The average Bonchev–Trinajstić information content (AvgIpc) is 2.49. The van der Waals surface area contributed by atoms with Gasteiger partial charge in [0.1, 0.15) is 5.75 Å². The number of nitrogens with one attached hydrogen (secondary N) is 1. The summed E-state index contributed by atoms with van der Waals surface area (Å²) < 4.78 is 5.54. The number of carbonyl (C=O) groups excluding carboxylic acids is 1. The molecule has 0 bridgehead atoms. The van der Waals surface area contributed by atoms with Crippen LogP contribution in [0.5, 0.6) is 5.75 Å². The van der Waals surface area contributed by atoms with Gasteiger partial charge in [0.15, 0.2) is 0 Å². The summed E-state index contributed by atoms with van der Waals surface area (Å²) in [6, 6.07) is 7.57. The van der Waals surface area contributed by atoms with Gasteiger partial charge in [-0.25, -0.2) is 0 Å². The van der Waals surface area contributed by atoms with Gasteiger partial charge in [-0.05, 0) is 61.7 Å². The minimum absolute atomic E-state index is 0.0736. The first-order valence-electron chi connectivity index (χ1n) is 7.03. The zero-order valence-corrected chi connectivity index (χ0v) is 12.6. The van der Waals surface area contributed by atoms with E-state index in [-0.39, 0.29) is 5.91 Å². The fourth-order valence-corrected chi connectivity index (χ4v) is 2.12. The number of carbonyl (C=O) groups is 1. The first-order valence-corrected chi connectivity index (χ1v) is 7.03. The Morgan fingerprint density at radius 3 is 2.57 bits per heavy atom. The Morgan fingerprint density at radius 1 is 1.19 bits per heavy atom. The van der Waals surface area contributed by atoms with Gasteiger partial charge in [-0.3, -0.25) is 9.78 Å². The Hall–Kier alpha value is -2.36. The quantitative estimate of drug-likeness (QED) is 0.918. The highest BCUT2D eigenvalue weighted by Crippen LogP contribution is 2.23. The maximum absolute atomic E-state index is 12.3. The Morgan fingerprint density at radius 2 is 1.90 bits per heavy atom. The van der Waals surface area contributed by atoms with Crippen LogP contribution in [0.4, 0.5) is 0 Å². The third-order valence-electron chi connectivity index (χ3n) is 3.27. The minimum atomic E-state index is -0.0736. The number of hydrogen-bond acceptors (Lipinski definition) is 3. The van der Waals surface area contributed by atoms with Gasteiger partial charge < -0.3 is 10.1 Å². The van der Waals surface area contributed by atoms with Crippen molar-refractivity contribution in [2.75, 3.05) is 6.61 Å². The van der Waals surface area contributed by atoms with Crippen LogP contribution in [0.1, 0.15) is 34.0 Å². The molecule has 1 aromatic carbocycles. The molecule has 1 N–H and O–H groups in total. The molecule has 110 valence electrons. The van der Waals surface area contributed by atoms with E-state index in [2.05, 4.69) is 10.3 Å². The molecule has 2 aromatic rings. The third kappa shape index (κ3) is 3.81. The van der Waals surface area contributed by atoms with Crippen LogP contribution in [0.3, 0.4) is 0 Å². The molecule has 1 heterocycles. The van der Waals surface area contributed by atoms with E-state index in [1.165, 1.54) is 0 Å². The zero-order valence-electron chi connectivity index (χ0n) is 12.6. The number of aromatic nitrogens is 1. The lowest BCUT2D eigenvalue weighted by Gasteiger charge is -2.12. The van der Waals surface area contributed by atoms with Gasteiger partial charge in [0.25, 0.3) is 5.91 Å². The highest BCUT2D eigenvalue weighted by molar-refractivity contribution is 5.96. The number of amides is 1. The van der Waals surface area contributed by atoms with Crippen LogP contribution >= 0.6 is 0 Å². The van der Waals surface area contributed by atoms with Crippen molar-refractivity contribution in [1.82, 2.24) is 10.3 Å². The summed E-state index contributed by atoms with van der Waals surface area (Å²) >= 11 is 0. The number of hydrogen-bond donors (Lipinski definition) is 1. The van der Waals surface area contributed by atoms with E-state index >= 15 is 0 Å². The second kappa shape index (κ2) is 6.88. The van der Waals surface area contributed by atoms with Crippen LogP contribution in [0.25, 0.3) is 0 Å². The lowest BCUT2D eigenvalue weighted by atomic mass is 10.0. The molecule has 0 aliphatic carbocycles. The van der Waals surface area contributed by atoms with Crippen molar-refractivity contribution >= 4 is 5.91 Å². The molecule has 0 fully saturated rings. The molecule has 2 rings (SSSR count). The number of rotatable bonds is 5. The molecule has 0 unspecified atom stereocenters. The van der Waals surface area contributed by atoms with Crippen molar-refractivity contribution in [1.29, 1.82) is 0 Å². The summed E-state index contributed by atoms with van der Waals surface area (Å²) in [5.41, 5.74) is 3.59. The highest BCUT2D eigenvalue weighted by atomic mass is 16.5. The van der Waals surface area contributed by atoms with Crippen molar-refractivity contribution in [3.8, 4) is 5.75 Å². The molecule has 0 aliphatic rings. The molecule has 21 heavy (non-hydrogen) atoms. The molecule has 0 spiro atoms. The molecule has 0 aliphatic heterocycles. The first-order chi connectivity index (χ1) is 10.1. The van der Waals surface area contributed by atoms with Crippen molar-refractivity contribution in [2.24, 2.45) is 0 Å². The fraction of sp³-hybridized carbons (Fsp3) is 0.294. The molecular formula is C17H20N2O2. The van der Waals surface area contributed by atoms with Gasteiger partial charge in [-0.15, -0.1) is 0 Å². The van der Waals surface area contributed by atoms with Crippen molar-refractivity contribution < 1.29 is 9.53 Å². The SMILES string of the molecule is CCOc1cc(C)c(C(=O)NCc2ccncc2)cc1C.